The predicted molar refractivity (Wildman–Crippen MR) is 482 cm³/mol. The lowest BCUT2D eigenvalue weighted by atomic mass is 10.0. The molecule has 0 aliphatic rings. The Balaban J connectivity index is 4.64. The zero-order chi connectivity index (χ0) is 83.6. The number of ether oxygens (including phenoxy) is 3. The van der Waals surface area contributed by atoms with E-state index in [0.29, 0.717) is 19.3 Å². The monoisotopic (exact) mass is 1650 g/mol. The Morgan fingerprint density at radius 2 is 0.435 bits per heavy atom. The summed E-state index contributed by atoms with van der Waals surface area (Å²) in [5.74, 6) is -1.58. The van der Waals surface area contributed by atoms with Gasteiger partial charge in [-0.2, -0.15) is 0 Å². The Kier molecular flexibility index (Phi) is 85.2. The third-order valence-corrected chi connectivity index (χ3v) is 21.4. The highest BCUT2D eigenvalue weighted by atomic mass is 31.2. The molecule has 662 valence electrons. The third-order valence-electron chi connectivity index (χ3n) is 19.5. The van der Waals surface area contributed by atoms with Gasteiger partial charge < -0.3 is 34.2 Å². The van der Waals surface area contributed by atoms with Gasteiger partial charge in [-0.05, 0) is 154 Å². The summed E-state index contributed by atoms with van der Waals surface area (Å²) < 4.78 is 61.5. The van der Waals surface area contributed by atoms with E-state index in [1.165, 1.54) is 173 Å². The molecule has 0 bridgehead atoms. The largest absolute Gasteiger partial charge is 0.472 e. The Labute approximate surface area is 702 Å². The minimum Gasteiger partial charge on any atom is -0.463 e. The summed E-state index contributed by atoms with van der Waals surface area (Å²) in [7, 11) is -9.81. The van der Waals surface area contributed by atoms with Gasteiger partial charge in [-0.25, -0.2) is 9.13 Å². The maximum atomic E-state index is 13.1. The highest BCUT2D eigenvalue weighted by molar-refractivity contribution is 7.47. The molecule has 0 fully saturated rings. The zero-order valence-electron chi connectivity index (χ0n) is 72.9. The van der Waals surface area contributed by atoms with Crippen molar-refractivity contribution in [1.29, 1.82) is 0 Å². The molecule has 0 radical (unpaired) electrons. The summed E-state index contributed by atoms with van der Waals surface area (Å²) in [4.78, 5) is 59.0. The van der Waals surface area contributed by atoms with Gasteiger partial charge in [0.2, 0.25) is 0 Å². The van der Waals surface area contributed by atoms with Gasteiger partial charge in [0, 0.05) is 19.3 Å². The molecule has 0 spiro atoms. The van der Waals surface area contributed by atoms with Crippen LogP contribution in [0.15, 0.2) is 146 Å². The van der Waals surface area contributed by atoms with Gasteiger partial charge in [0.15, 0.2) is 6.10 Å². The van der Waals surface area contributed by atoms with Crippen LogP contribution in [0.3, 0.4) is 0 Å². The number of aliphatic hydroxyl groups is 2. The molecule has 0 heterocycles. The quantitative estimate of drug-likeness (QED) is 0.0146. The molecule has 0 aliphatic heterocycles. The van der Waals surface area contributed by atoms with Crippen molar-refractivity contribution >= 4 is 33.6 Å². The van der Waals surface area contributed by atoms with Gasteiger partial charge in [0.05, 0.1) is 26.4 Å². The number of carbonyl (C=O) groups excluding carboxylic acids is 3. The van der Waals surface area contributed by atoms with Crippen LogP contribution < -0.4 is 0 Å². The summed E-state index contributed by atoms with van der Waals surface area (Å²) in [6, 6.07) is 0. The van der Waals surface area contributed by atoms with E-state index >= 15 is 0 Å². The maximum Gasteiger partial charge on any atom is 0.472 e. The van der Waals surface area contributed by atoms with Crippen molar-refractivity contribution in [2.24, 2.45) is 0 Å². The molecule has 0 aromatic rings. The lowest BCUT2D eigenvalue weighted by molar-refractivity contribution is -0.161. The van der Waals surface area contributed by atoms with Crippen molar-refractivity contribution in [3.63, 3.8) is 0 Å². The smallest absolute Gasteiger partial charge is 0.463 e. The number of phosphoric acid groups is 2. The van der Waals surface area contributed by atoms with Crippen molar-refractivity contribution < 1.29 is 75.8 Å². The summed E-state index contributed by atoms with van der Waals surface area (Å²) >= 11 is 0. The Morgan fingerprint density at radius 1 is 0.243 bits per heavy atom. The van der Waals surface area contributed by atoms with E-state index in [1.807, 2.05) is 0 Å². The minimum atomic E-state index is -4.95. The van der Waals surface area contributed by atoms with Crippen molar-refractivity contribution in [2.45, 2.75) is 411 Å². The molecule has 18 heteroatoms. The van der Waals surface area contributed by atoms with E-state index in [9.17, 15) is 43.5 Å². The molecule has 115 heavy (non-hydrogen) atoms. The van der Waals surface area contributed by atoms with Crippen LogP contribution in [-0.2, 0) is 55.8 Å². The molecule has 0 aromatic heterocycles. The highest BCUT2D eigenvalue weighted by Crippen LogP contribution is 2.45. The van der Waals surface area contributed by atoms with E-state index in [-0.39, 0.29) is 19.3 Å². The van der Waals surface area contributed by atoms with Gasteiger partial charge in [0.25, 0.3) is 0 Å². The average molecular weight is 1650 g/mol. The number of unbranched alkanes of at least 4 members (excludes halogenated alkanes) is 40. The molecule has 0 rings (SSSR count). The summed E-state index contributed by atoms with van der Waals surface area (Å²) in [5, 5.41) is 20.7. The van der Waals surface area contributed by atoms with Crippen LogP contribution >= 0.6 is 15.6 Å². The van der Waals surface area contributed by atoms with Gasteiger partial charge in [0.1, 0.15) is 25.4 Å². The van der Waals surface area contributed by atoms with Crippen LogP contribution in [0.5, 0.6) is 0 Å². The molecular weight excluding hydrogens is 1480 g/mol. The van der Waals surface area contributed by atoms with Crippen molar-refractivity contribution in [3.8, 4) is 0 Å². The first-order valence-corrected chi connectivity index (χ1v) is 49.1. The highest BCUT2D eigenvalue weighted by Gasteiger charge is 2.29. The molecule has 0 aliphatic carbocycles. The van der Waals surface area contributed by atoms with E-state index in [4.69, 9.17) is 32.3 Å². The molecule has 16 nitrogen and oxygen atoms in total. The number of rotatable bonds is 87. The van der Waals surface area contributed by atoms with Gasteiger partial charge >= 0.3 is 33.6 Å². The number of phosphoric ester groups is 2. The fourth-order valence-corrected chi connectivity index (χ4v) is 14.1. The van der Waals surface area contributed by atoms with Crippen LogP contribution in [0.1, 0.15) is 393 Å². The zero-order valence-corrected chi connectivity index (χ0v) is 74.7. The molecule has 0 aromatic carbocycles. The minimum absolute atomic E-state index is 0.0887. The number of allylic oxidation sites excluding steroid dienone is 24. The van der Waals surface area contributed by atoms with Crippen molar-refractivity contribution in [3.05, 3.63) is 146 Å². The molecule has 4 N–H and O–H groups in total. The molecule has 0 saturated heterocycles. The second-order valence-corrected chi connectivity index (χ2v) is 33.7. The number of esters is 3. The number of carbonyl (C=O) groups is 3. The predicted octanol–water partition coefficient (Wildman–Crippen LogP) is 28.3. The van der Waals surface area contributed by atoms with Crippen LogP contribution in [0, 0.1) is 0 Å². The van der Waals surface area contributed by atoms with E-state index in [1.54, 1.807) is 0 Å². The SMILES string of the molecule is CCCCC/C=C\C/C=C\C/C=C\C/C=C\CCCCCCCCCCCCCCCC(=O)OCC(O)COP(=O)(O)OCC(O)COP(=O)(O)OCC(COC(=O)CCCCCCCCCCCCC/C=C\C/C=C\C/C=C\C/C=C\CCCCC)OC(=O)CCCCCCCCC/C=C\C/C=C\C/C=C\C/C=C\CCCCC. The Hall–Kier alpha value is -4.57. The van der Waals surface area contributed by atoms with E-state index in [2.05, 4.69) is 167 Å². The second-order valence-electron chi connectivity index (χ2n) is 30.7. The van der Waals surface area contributed by atoms with Crippen molar-refractivity contribution in [2.75, 3.05) is 39.6 Å². The fourth-order valence-electron chi connectivity index (χ4n) is 12.5. The summed E-state index contributed by atoms with van der Waals surface area (Å²) in [6.07, 6.45) is 112. The molecular formula is C97H168O16P2. The first-order chi connectivity index (χ1) is 56.2. The lowest BCUT2D eigenvalue weighted by Gasteiger charge is -2.21. The topological polar surface area (TPSA) is 231 Å². The van der Waals surface area contributed by atoms with Crippen LogP contribution in [0.2, 0.25) is 0 Å². The third kappa shape index (κ3) is 90.0. The summed E-state index contributed by atoms with van der Waals surface area (Å²) in [6.45, 7) is 2.63. The van der Waals surface area contributed by atoms with Crippen molar-refractivity contribution in [1.82, 2.24) is 0 Å². The Morgan fingerprint density at radius 3 is 0.687 bits per heavy atom. The molecule has 5 atom stereocenters. The van der Waals surface area contributed by atoms with E-state index < -0.39 is 91.5 Å². The van der Waals surface area contributed by atoms with Crippen LogP contribution in [0.25, 0.3) is 0 Å². The maximum absolute atomic E-state index is 13.1. The number of aliphatic hydroxyl groups excluding tert-OH is 2. The molecule has 5 unspecified atom stereocenters. The van der Waals surface area contributed by atoms with Gasteiger partial charge in [-0.1, -0.05) is 366 Å². The van der Waals surface area contributed by atoms with Crippen LogP contribution in [-0.4, -0.2) is 95.9 Å². The first kappa shape index (κ1) is 110. The fraction of sp³-hybridized carbons (Fsp3) is 0.722. The standard InChI is InChI=1S/C97H168O16P2/c1-4-7-10-13-16-19-22-25-28-31-34-37-40-42-44-45-47-49-51-53-56-59-62-65-68-71-74-77-80-83-95(100)107-86-92(98)87-109-114(103,104)110-88-93(99)89-111-115(105,106)112-91-94(113-97(102)85-82-79-76-73-70-67-64-61-58-55-50-39-36-33-30-27-24-21-18-15-12-9-6-3)90-108-96(101)84-81-78-75-72-69-66-63-60-57-54-52-48-46-43-41-38-35-32-29-26-23-20-17-14-11-8-5-2/h16-21,25-30,34-39,42-44,46,55,58,92-94,98-99H,4-15,22-24,31-33,40-41,45,47-54,56-57,59-91H2,1-3H3,(H,103,104)(H,105,106)/b19-16-,20-17-,21-18-,28-25-,29-26-,30-27-,37-34-,38-35-,39-36-,44-42-,46-43-,58-55-. The number of hydrogen-bond donors (Lipinski definition) is 4. The van der Waals surface area contributed by atoms with E-state index in [0.717, 1.165) is 161 Å². The summed E-state index contributed by atoms with van der Waals surface area (Å²) in [5.41, 5.74) is 0. The molecule has 0 saturated carbocycles. The first-order valence-electron chi connectivity index (χ1n) is 46.1. The molecule has 0 amide bonds. The van der Waals surface area contributed by atoms with Crippen LogP contribution in [0.4, 0.5) is 0 Å². The lowest BCUT2D eigenvalue weighted by Crippen LogP contribution is -2.30. The Bertz CT molecular complexity index is 2670. The second kappa shape index (κ2) is 88.7. The normalized spacial score (nSPS) is 14.5. The van der Waals surface area contributed by atoms with Gasteiger partial charge in [-0.15, -0.1) is 0 Å². The van der Waals surface area contributed by atoms with Gasteiger partial charge in [-0.3, -0.25) is 32.5 Å². The number of hydrogen-bond acceptors (Lipinski definition) is 14. The average Bonchev–Trinajstić information content (AvgIpc) is 0.906.